The SMILES string of the molecule is N#Cc1ccsc1NC(=O)CN1CCN(Cc2ccc(Cl)c(Cl)c2)CC1. The van der Waals surface area contributed by atoms with E-state index >= 15 is 0 Å². The van der Waals surface area contributed by atoms with Crippen LogP contribution in [0.25, 0.3) is 0 Å². The molecule has 2 aromatic rings. The van der Waals surface area contributed by atoms with Gasteiger partial charge in [0.2, 0.25) is 5.91 Å². The predicted molar refractivity (Wildman–Crippen MR) is 106 cm³/mol. The minimum Gasteiger partial charge on any atom is -0.315 e. The molecule has 1 aromatic carbocycles. The molecule has 0 radical (unpaired) electrons. The van der Waals surface area contributed by atoms with E-state index in [9.17, 15) is 4.79 Å². The van der Waals surface area contributed by atoms with Gasteiger partial charge in [0.05, 0.1) is 22.2 Å². The molecule has 1 aliphatic rings. The summed E-state index contributed by atoms with van der Waals surface area (Å²) in [6.45, 7) is 4.57. The predicted octanol–water partition coefficient (Wildman–Crippen LogP) is 3.68. The molecule has 0 atom stereocenters. The van der Waals surface area contributed by atoms with Crippen LogP contribution in [0.1, 0.15) is 11.1 Å². The number of hydrogen-bond acceptors (Lipinski definition) is 5. The number of anilines is 1. The standard InChI is InChI=1S/C18H18Cl2N4OS/c19-15-2-1-13(9-16(15)20)11-23-4-6-24(7-5-23)12-17(25)22-18-14(10-21)3-8-26-18/h1-3,8-9H,4-7,11-12H2,(H,22,25). The molecule has 1 saturated heterocycles. The van der Waals surface area contributed by atoms with E-state index < -0.39 is 0 Å². The van der Waals surface area contributed by atoms with E-state index in [-0.39, 0.29) is 5.91 Å². The lowest BCUT2D eigenvalue weighted by molar-refractivity contribution is -0.117. The van der Waals surface area contributed by atoms with Gasteiger partial charge in [-0.05, 0) is 29.1 Å². The molecule has 0 spiro atoms. The van der Waals surface area contributed by atoms with Gasteiger partial charge in [0.25, 0.3) is 0 Å². The van der Waals surface area contributed by atoms with Crippen LogP contribution in [0.4, 0.5) is 5.00 Å². The van der Waals surface area contributed by atoms with Crippen molar-refractivity contribution in [2.45, 2.75) is 6.54 Å². The summed E-state index contributed by atoms with van der Waals surface area (Å²) in [5, 5.41) is 15.4. The van der Waals surface area contributed by atoms with Gasteiger partial charge in [-0.3, -0.25) is 14.6 Å². The van der Waals surface area contributed by atoms with Gasteiger partial charge in [0.15, 0.2) is 0 Å². The van der Waals surface area contributed by atoms with Gasteiger partial charge >= 0.3 is 0 Å². The molecule has 3 rings (SSSR count). The number of nitrogens with one attached hydrogen (secondary N) is 1. The van der Waals surface area contributed by atoms with Crippen LogP contribution in [-0.4, -0.2) is 48.4 Å². The van der Waals surface area contributed by atoms with Crippen LogP contribution in [0.15, 0.2) is 29.6 Å². The van der Waals surface area contributed by atoms with Crippen LogP contribution >= 0.6 is 34.5 Å². The lowest BCUT2D eigenvalue weighted by Crippen LogP contribution is -2.48. The maximum atomic E-state index is 12.2. The van der Waals surface area contributed by atoms with E-state index in [1.54, 1.807) is 11.4 Å². The van der Waals surface area contributed by atoms with Gasteiger partial charge in [0.1, 0.15) is 11.1 Å². The molecule has 26 heavy (non-hydrogen) atoms. The molecule has 136 valence electrons. The summed E-state index contributed by atoms with van der Waals surface area (Å²) >= 11 is 13.4. The van der Waals surface area contributed by atoms with Crippen molar-refractivity contribution in [3.05, 3.63) is 50.8 Å². The van der Waals surface area contributed by atoms with Crippen molar-refractivity contribution in [1.82, 2.24) is 9.80 Å². The molecule has 1 aliphatic heterocycles. The molecule has 2 heterocycles. The lowest BCUT2D eigenvalue weighted by Gasteiger charge is -2.34. The molecule has 0 bridgehead atoms. The summed E-state index contributed by atoms with van der Waals surface area (Å²) in [4.78, 5) is 16.7. The summed E-state index contributed by atoms with van der Waals surface area (Å²) < 4.78 is 0. The zero-order valence-corrected chi connectivity index (χ0v) is 16.4. The molecule has 1 amide bonds. The maximum absolute atomic E-state index is 12.2. The second-order valence-electron chi connectivity index (χ2n) is 6.12. The quantitative estimate of drug-likeness (QED) is 0.819. The second kappa shape index (κ2) is 8.85. The fraction of sp³-hybridized carbons (Fsp3) is 0.333. The number of carbonyl (C=O) groups is 1. The second-order valence-corrected chi connectivity index (χ2v) is 7.85. The van der Waals surface area contributed by atoms with Gasteiger partial charge in [-0.1, -0.05) is 29.3 Å². The Kier molecular flexibility index (Phi) is 6.52. The molecular weight excluding hydrogens is 391 g/mol. The van der Waals surface area contributed by atoms with Crippen molar-refractivity contribution in [2.75, 3.05) is 38.0 Å². The highest BCUT2D eigenvalue weighted by Gasteiger charge is 2.20. The average molecular weight is 409 g/mol. The first-order valence-electron chi connectivity index (χ1n) is 8.21. The smallest absolute Gasteiger partial charge is 0.239 e. The Morgan fingerprint density at radius 1 is 1.15 bits per heavy atom. The van der Waals surface area contributed by atoms with Crippen LogP contribution in [0.5, 0.6) is 0 Å². The Morgan fingerprint density at radius 3 is 2.58 bits per heavy atom. The topological polar surface area (TPSA) is 59.4 Å². The Labute approximate surface area is 166 Å². The number of nitriles is 1. The first-order valence-corrected chi connectivity index (χ1v) is 9.85. The largest absolute Gasteiger partial charge is 0.315 e. The van der Waals surface area contributed by atoms with E-state index in [0.717, 1.165) is 38.3 Å². The third kappa shape index (κ3) is 4.97. The van der Waals surface area contributed by atoms with Crippen LogP contribution in [0.2, 0.25) is 10.0 Å². The molecule has 8 heteroatoms. The van der Waals surface area contributed by atoms with E-state index in [0.29, 0.717) is 27.2 Å². The van der Waals surface area contributed by atoms with E-state index in [1.807, 2.05) is 18.2 Å². The summed E-state index contributed by atoms with van der Waals surface area (Å²) in [6, 6.07) is 9.50. The maximum Gasteiger partial charge on any atom is 0.239 e. The van der Waals surface area contributed by atoms with Crippen LogP contribution in [-0.2, 0) is 11.3 Å². The molecular formula is C18H18Cl2N4OS. The van der Waals surface area contributed by atoms with Crippen molar-refractivity contribution in [2.24, 2.45) is 0 Å². The number of rotatable bonds is 5. The number of hydrogen-bond donors (Lipinski definition) is 1. The van der Waals surface area contributed by atoms with Crippen LogP contribution in [0.3, 0.4) is 0 Å². The Balaban J connectivity index is 1.45. The van der Waals surface area contributed by atoms with Crippen molar-refractivity contribution in [3.63, 3.8) is 0 Å². The highest BCUT2D eigenvalue weighted by molar-refractivity contribution is 7.14. The Hall–Kier alpha value is -1.62. The van der Waals surface area contributed by atoms with Gasteiger partial charge in [-0.25, -0.2) is 0 Å². The fourth-order valence-corrected chi connectivity index (χ4v) is 3.94. The minimum absolute atomic E-state index is 0.0816. The van der Waals surface area contributed by atoms with Gasteiger partial charge < -0.3 is 5.32 Å². The number of amides is 1. The number of halogens is 2. The summed E-state index contributed by atoms with van der Waals surface area (Å²) in [6.07, 6.45) is 0. The summed E-state index contributed by atoms with van der Waals surface area (Å²) in [5.74, 6) is -0.0816. The molecule has 5 nitrogen and oxygen atoms in total. The van der Waals surface area contributed by atoms with Crippen molar-refractivity contribution < 1.29 is 4.79 Å². The third-order valence-electron chi connectivity index (χ3n) is 4.26. The highest BCUT2D eigenvalue weighted by atomic mass is 35.5. The first kappa shape index (κ1) is 19.2. The number of carbonyl (C=O) groups excluding carboxylic acids is 1. The van der Waals surface area contributed by atoms with E-state index in [1.165, 1.54) is 11.3 Å². The summed E-state index contributed by atoms with van der Waals surface area (Å²) in [7, 11) is 0. The fourth-order valence-electron chi connectivity index (χ4n) is 2.87. The monoisotopic (exact) mass is 408 g/mol. The Bertz CT molecular complexity index is 825. The van der Waals surface area contributed by atoms with Crippen molar-refractivity contribution in [1.29, 1.82) is 5.26 Å². The van der Waals surface area contributed by atoms with Crippen molar-refractivity contribution >= 4 is 45.4 Å². The number of nitrogens with zero attached hydrogens (tertiary/aromatic N) is 3. The first-order chi connectivity index (χ1) is 12.5. The average Bonchev–Trinajstić information content (AvgIpc) is 3.07. The zero-order chi connectivity index (χ0) is 18.5. The van der Waals surface area contributed by atoms with E-state index in [2.05, 4.69) is 21.2 Å². The molecule has 1 aromatic heterocycles. The van der Waals surface area contributed by atoms with E-state index in [4.69, 9.17) is 28.5 Å². The number of benzene rings is 1. The zero-order valence-electron chi connectivity index (χ0n) is 14.0. The highest BCUT2D eigenvalue weighted by Crippen LogP contribution is 2.24. The van der Waals surface area contributed by atoms with Gasteiger partial charge in [-0.15, -0.1) is 11.3 Å². The number of piperazine rings is 1. The summed E-state index contributed by atoms with van der Waals surface area (Å²) in [5.41, 5.74) is 1.64. The van der Waals surface area contributed by atoms with Crippen LogP contribution < -0.4 is 5.32 Å². The molecule has 1 fully saturated rings. The minimum atomic E-state index is -0.0816. The molecule has 0 aliphatic carbocycles. The number of thiophene rings is 1. The van der Waals surface area contributed by atoms with Gasteiger partial charge in [0, 0.05) is 32.7 Å². The van der Waals surface area contributed by atoms with Crippen LogP contribution in [0, 0.1) is 11.3 Å². The Morgan fingerprint density at radius 2 is 1.88 bits per heavy atom. The normalized spacial score (nSPS) is 15.6. The van der Waals surface area contributed by atoms with Gasteiger partial charge in [-0.2, -0.15) is 5.26 Å². The third-order valence-corrected chi connectivity index (χ3v) is 5.83. The van der Waals surface area contributed by atoms with Crippen molar-refractivity contribution in [3.8, 4) is 6.07 Å². The molecule has 0 unspecified atom stereocenters. The molecule has 1 N–H and O–H groups in total. The lowest BCUT2D eigenvalue weighted by atomic mass is 10.2. The molecule has 0 saturated carbocycles.